The van der Waals surface area contributed by atoms with E-state index < -0.39 is 10.0 Å². The molecule has 0 aromatic carbocycles. The summed E-state index contributed by atoms with van der Waals surface area (Å²) in [5.74, 6) is 0. The topological polar surface area (TPSA) is 93.2 Å². The number of hydrogen-bond donors (Lipinski definition) is 2. The van der Waals surface area contributed by atoms with Crippen molar-refractivity contribution in [1.29, 1.82) is 0 Å². The summed E-state index contributed by atoms with van der Waals surface area (Å²) in [6.45, 7) is 7.20. The summed E-state index contributed by atoms with van der Waals surface area (Å²) >= 11 is 0. The predicted molar refractivity (Wildman–Crippen MR) is 88.5 cm³/mol. The average Bonchev–Trinajstić information content (AvgIpc) is 2.81. The molecule has 1 aromatic heterocycles. The maximum atomic E-state index is 12.1. The molecule has 1 unspecified atom stereocenters. The first kappa shape index (κ1) is 19.4. The normalized spacial score (nSPS) is 22.3. The molecule has 0 amide bonds. The van der Waals surface area contributed by atoms with E-state index >= 15 is 0 Å². The zero-order valence-corrected chi connectivity index (χ0v) is 15.0. The molecule has 9 heteroatoms. The van der Waals surface area contributed by atoms with Crippen molar-refractivity contribution in [3.8, 4) is 0 Å². The van der Waals surface area contributed by atoms with Crippen molar-refractivity contribution in [1.82, 2.24) is 19.4 Å². The van der Waals surface area contributed by atoms with Gasteiger partial charge in [0.15, 0.2) is 0 Å². The van der Waals surface area contributed by atoms with Crippen LogP contribution in [0.4, 0.5) is 0 Å². The third-order valence-electron chi connectivity index (χ3n) is 4.10. The smallest absolute Gasteiger partial charge is 0.243 e. The number of rotatable bonds is 5. The van der Waals surface area contributed by atoms with Crippen LogP contribution in [0, 0.1) is 5.41 Å². The minimum atomic E-state index is -3.46. The van der Waals surface area contributed by atoms with Gasteiger partial charge in [-0.1, -0.05) is 13.8 Å². The number of nitrogens with zero attached hydrogens (tertiary/aromatic N) is 3. The molecule has 1 atom stereocenters. The molecule has 0 radical (unpaired) electrons. The lowest BCUT2D eigenvalue weighted by Crippen LogP contribution is -2.53. The van der Waals surface area contributed by atoms with Gasteiger partial charge in [-0.3, -0.25) is 4.68 Å². The zero-order chi connectivity index (χ0) is 15.7. The molecule has 3 N–H and O–H groups in total. The Morgan fingerprint density at radius 1 is 1.50 bits per heavy atom. The first-order valence-corrected chi connectivity index (χ1v) is 8.65. The van der Waals surface area contributed by atoms with Gasteiger partial charge in [0.05, 0.1) is 6.20 Å². The fraction of sp³-hybridized carbons (Fsp3) is 0.769. The number of likely N-dealkylation sites (tertiary alicyclic amines) is 1. The Morgan fingerprint density at radius 3 is 2.73 bits per heavy atom. The molecule has 22 heavy (non-hydrogen) atoms. The van der Waals surface area contributed by atoms with Crippen LogP contribution in [-0.2, 0) is 17.1 Å². The second-order valence-electron chi connectivity index (χ2n) is 6.41. The Labute approximate surface area is 138 Å². The van der Waals surface area contributed by atoms with E-state index in [1.54, 1.807) is 7.05 Å². The van der Waals surface area contributed by atoms with Gasteiger partial charge in [0.1, 0.15) is 4.90 Å². The highest BCUT2D eigenvalue weighted by Gasteiger charge is 2.33. The lowest BCUT2D eigenvalue weighted by Gasteiger charge is -2.42. The first-order valence-electron chi connectivity index (χ1n) is 7.17. The monoisotopic (exact) mass is 351 g/mol. The van der Waals surface area contributed by atoms with E-state index in [0.29, 0.717) is 13.1 Å². The van der Waals surface area contributed by atoms with Gasteiger partial charge in [-0.05, 0) is 18.4 Å². The van der Waals surface area contributed by atoms with Gasteiger partial charge in [0.2, 0.25) is 10.0 Å². The molecule has 1 saturated heterocycles. The Kier molecular flexibility index (Phi) is 6.40. The number of sulfonamides is 1. The summed E-state index contributed by atoms with van der Waals surface area (Å²) in [6.07, 6.45) is 3.79. The lowest BCUT2D eigenvalue weighted by atomic mass is 9.80. The third kappa shape index (κ3) is 4.66. The second kappa shape index (κ2) is 7.27. The number of aryl methyl sites for hydroxylation is 1. The van der Waals surface area contributed by atoms with Crippen LogP contribution in [0.2, 0.25) is 0 Å². The fourth-order valence-corrected chi connectivity index (χ4v) is 3.64. The van der Waals surface area contributed by atoms with E-state index in [4.69, 9.17) is 5.73 Å². The van der Waals surface area contributed by atoms with E-state index in [9.17, 15) is 8.42 Å². The molecule has 2 rings (SSSR count). The minimum Gasteiger partial charge on any atom is -0.327 e. The van der Waals surface area contributed by atoms with Crippen molar-refractivity contribution in [2.45, 2.75) is 31.2 Å². The van der Waals surface area contributed by atoms with Gasteiger partial charge in [-0.15, -0.1) is 12.4 Å². The number of nitrogens with two attached hydrogens (primary N) is 1. The molecule has 1 aliphatic rings. The molecule has 1 aromatic rings. The molecular weight excluding hydrogens is 326 g/mol. The second-order valence-corrected chi connectivity index (χ2v) is 8.17. The predicted octanol–water partition coefficient (Wildman–Crippen LogP) is 0.179. The molecule has 0 aliphatic carbocycles. The standard InChI is InChI=1S/C13H25N5O2S.ClH/c1-13(2)10-18(6-4-12(13)14)7-5-16-21(19,20)11-8-15-17(3)9-11;/h8-9,12,16H,4-7,10,14H2,1-3H3;1H. The van der Waals surface area contributed by atoms with Crippen molar-refractivity contribution >= 4 is 22.4 Å². The molecule has 0 spiro atoms. The van der Waals surface area contributed by atoms with Crippen molar-refractivity contribution in [2.75, 3.05) is 26.2 Å². The number of halogens is 1. The molecule has 1 aliphatic heterocycles. The van der Waals surface area contributed by atoms with E-state index in [1.165, 1.54) is 17.1 Å². The summed E-state index contributed by atoms with van der Waals surface area (Å²) in [5, 5.41) is 3.88. The highest BCUT2D eigenvalue weighted by molar-refractivity contribution is 7.89. The van der Waals surface area contributed by atoms with Gasteiger partial charge >= 0.3 is 0 Å². The van der Waals surface area contributed by atoms with Gasteiger partial charge in [-0.25, -0.2) is 13.1 Å². The van der Waals surface area contributed by atoms with Crippen LogP contribution in [0.3, 0.4) is 0 Å². The Hall–Kier alpha value is -0.670. The maximum absolute atomic E-state index is 12.1. The lowest BCUT2D eigenvalue weighted by molar-refractivity contribution is 0.0974. The van der Waals surface area contributed by atoms with Crippen LogP contribution in [0.15, 0.2) is 17.3 Å². The van der Waals surface area contributed by atoms with Gasteiger partial charge in [0, 0.05) is 38.9 Å². The SMILES string of the molecule is Cl.Cn1cc(S(=O)(=O)NCCN2CCC(N)C(C)(C)C2)cn1. The highest BCUT2D eigenvalue weighted by Crippen LogP contribution is 2.27. The average molecular weight is 352 g/mol. The highest BCUT2D eigenvalue weighted by atomic mass is 35.5. The number of hydrogen-bond acceptors (Lipinski definition) is 5. The molecular formula is C13H26ClN5O2S. The van der Waals surface area contributed by atoms with Gasteiger partial charge in [0.25, 0.3) is 0 Å². The van der Waals surface area contributed by atoms with Crippen molar-refractivity contribution in [3.05, 3.63) is 12.4 Å². The molecule has 128 valence electrons. The maximum Gasteiger partial charge on any atom is 0.243 e. The summed E-state index contributed by atoms with van der Waals surface area (Å²) in [5.41, 5.74) is 6.17. The van der Waals surface area contributed by atoms with Crippen molar-refractivity contribution in [2.24, 2.45) is 18.2 Å². The quantitative estimate of drug-likeness (QED) is 0.789. The summed E-state index contributed by atoms with van der Waals surface area (Å²) < 4.78 is 28.2. The summed E-state index contributed by atoms with van der Waals surface area (Å²) in [7, 11) is -1.77. The number of piperidine rings is 1. The van der Waals surface area contributed by atoms with Gasteiger partial charge < -0.3 is 10.6 Å². The van der Waals surface area contributed by atoms with Gasteiger partial charge in [-0.2, -0.15) is 5.10 Å². The van der Waals surface area contributed by atoms with Crippen molar-refractivity contribution < 1.29 is 8.42 Å². The zero-order valence-electron chi connectivity index (χ0n) is 13.3. The molecule has 2 heterocycles. The Bertz CT molecular complexity index is 587. The number of aromatic nitrogens is 2. The molecule has 7 nitrogen and oxygen atoms in total. The first-order chi connectivity index (χ1) is 9.71. The third-order valence-corrected chi connectivity index (χ3v) is 5.52. The Morgan fingerprint density at radius 2 is 2.18 bits per heavy atom. The van der Waals surface area contributed by atoms with Crippen LogP contribution in [0.25, 0.3) is 0 Å². The van der Waals surface area contributed by atoms with E-state index in [-0.39, 0.29) is 28.8 Å². The number of nitrogens with one attached hydrogen (secondary N) is 1. The van der Waals surface area contributed by atoms with Crippen LogP contribution < -0.4 is 10.5 Å². The van der Waals surface area contributed by atoms with Crippen LogP contribution >= 0.6 is 12.4 Å². The largest absolute Gasteiger partial charge is 0.327 e. The summed E-state index contributed by atoms with van der Waals surface area (Å²) in [6, 6.07) is 0.209. The Balaban J connectivity index is 0.00000242. The van der Waals surface area contributed by atoms with E-state index in [1.807, 2.05) is 0 Å². The van der Waals surface area contributed by atoms with E-state index in [2.05, 4.69) is 28.6 Å². The molecule has 0 bridgehead atoms. The summed E-state index contributed by atoms with van der Waals surface area (Å²) in [4.78, 5) is 2.46. The van der Waals surface area contributed by atoms with Crippen LogP contribution in [-0.4, -0.2) is 55.3 Å². The fourth-order valence-electron chi connectivity index (χ4n) is 2.63. The van der Waals surface area contributed by atoms with Crippen LogP contribution in [0.5, 0.6) is 0 Å². The minimum absolute atomic E-state index is 0. The molecule has 0 saturated carbocycles. The van der Waals surface area contributed by atoms with Crippen molar-refractivity contribution in [3.63, 3.8) is 0 Å². The van der Waals surface area contributed by atoms with E-state index in [0.717, 1.165) is 19.5 Å². The van der Waals surface area contributed by atoms with Crippen LogP contribution in [0.1, 0.15) is 20.3 Å². The molecule has 1 fully saturated rings.